The summed E-state index contributed by atoms with van der Waals surface area (Å²) < 4.78 is 21.5. The molecule has 0 saturated heterocycles. The van der Waals surface area contributed by atoms with Crippen molar-refractivity contribution in [2.75, 3.05) is 39.1 Å². The maximum atomic E-state index is 13.6. The quantitative estimate of drug-likeness (QED) is 0.204. The van der Waals surface area contributed by atoms with Gasteiger partial charge in [-0.3, -0.25) is 9.59 Å². The SMILES string of the molecule is COc1ccc(OC)c(NC(=O)C(Sc2cccc(NC(=O)c3c(OC)cccc3OC)c2)c2ccccc2)c1. The lowest BCUT2D eigenvalue weighted by molar-refractivity contribution is -0.115. The van der Waals surface area contributed by atoms with E-state index < -0.39 is 5.25 Å². The molecule has 0 radical (unpaired) electrons. The van der Waals surface area contributed by atoms with E-state index in [1.807, 2.05) is 48.5 Å². The minimum absolute atomic E-state index is 0.240. The zero-order valence-electron chi connectivity index (χ0n) is 22.6. The summed E-state index contributed by atoms with van der Waals surface area (Å²) in [4.78, 5) is 27.6. The number of methoxy groups -OCH3 is 4. The molecule has 0 aromatic heterocycles. The Labute approximate surface area is 237 Å². The van der Waals surface area contributed by atoms with Crippen molar-refractivity contribution in [3.8, 4) is 23.0 Å². The lowest BCUT2D eigenvalue weighted by Gasteiger charge is -2.19. The van der Waals surface area contributed by atoms with Gasteiger partial charge in [-0.15, -0.1) is 11.8 Å². The second kappa shape index (κ2) is 13.4. The third kappa shape index (κ3) is 6.68. The first-order valence-corrected chi connectivity index (χ1v) is 13.2. The van der Waals surface area contributed by atoms with Crippen molar-refractivity contribution < 1.29 is 28.5 Å². The molecule has 2 N–H and O–H groups in total. The number of hydrogen-bond acceptors (Lipinski definition) is 7. The zero-order chi connectivity index (χ0) is 28.5. The van der Waals surface area contributed by atoms with Crippen molar-refractivity contribution in [1.29, 1.82) is 0 Å². The number of carbonyl (C=O) groups is 2. The van der Waals surface area contributed by atoms with E-state index >= 15 is 0 Å². The first-order valence-electron chi connectivity index (χ1n) is 12.3. The Morgan fingerprint density at radius 2 is 1.35 bits per heavy atom. The topological polar surface area (TPSA) is 95.1 Å². The summed E-state index contributed by atoms with van der Waals surface area (Å²) in [5.41, 5.74) is 2.17. The average Bonchev–Trinajstić information content (AvgIpc) is 2.99. The summed E-state index contributed by atoms with van der Waals surface area (Å²) in [6.45, 7) is 0. The molecule has 0 aliphatic heterocycles. The van der Waals surface area contributed by atoms with Gasteiger partial charge >= 0.3 is 0 Å². The largest absolute Gasteiger partial charge is 0.497 e. The van der Waals surface area contributed by atoms with Crippen molar-refractivity contribution in [3.63, 3.8) is 0 Å². The van der Waals surface area contributed by atoms with E-state index in [1.54, 1.807) is 56.7 Å². The van der Waals surface area contributed by atoms with Gasteiger partial charge in [-0.2, -0.15) is 0 Å². The molecule has 0 aliphatic carbocycles. The third-order valence-electron chi connectivity index (χ3n) is 6.01. The summed E-state index contributed by atoms with van der Waals surface area (Å²) in [5.74, 6) is 1.29. The maximum Gasteiger partial charge on any atom is 0.263 e. The van der Waals surface area contributed by atoms with Gasteiger partial charge in [-0.1, -0.05) is 42.5 Å². The molecule has 0 fully saturated rings. The lowest BCUT2D eigenvalue weighted by Crippen LogP contribution is -2.19. The van der Waals surface area contributed by atoms with Crippen molar-refractivity contribution >= 4 is 35.0 Å². The summed E-state index contributed by atoms with van der Waals surface area (Å²) in [6.07, 6.45) is 0. The van der Waals surface area contributed by atoms with E-state index in [1.165, 1.54) is 26.0 Å². The van der Waals surface area contributed by atoms with Crippen LogP contribution in [-0.4, -0.2) is 40.3 Å². The highest BCUT2D eigenvalue weighted by molar-refractivity contribution is 8.00. The molecule has 4 aromatic rings. The highest BCUT2D eigenvalue weighted by atomic mass is 32.2. The number of carbonyl (C=O) groups excluding carboxylic acids is 2. The summed E-state index contributed by atoms with van der Waals surface area (Å²) in [5, 5.41) is 5.30. The number of amides is 2. The maximum absolute atomic E-state index is 13.6. The fourth-order valence-corrected chi connectivity index (χ4v) is 5.15. The molecule has 1 atom stereocenters. The van der Waals surface area contributed by atoms with Crippen LogP contribution in [0.2, 0.25) is 0 Å². The number of benzene rings is 4. The Bertz CT molecular complexity index is 1460. The smallest absolute Gasteiger partial charge is 0.263 e. The van der Waals surface area contributed by atoms with E-state index in [2.05, 4.69) is 10.6 Å². The molecule has 2 amide bonds. The molecule has 1 unspecified atom stereocenters. The van der Waals surface area contributed by atoms with Crippen molar-refractivity contribution in [2.45, 2.75) is 10.1 Å². The number of nitrogens with one attached hydrogen (secondary N) is 2. The van der Waals surface area contributed by atoms with Crippen LogP contribution in [0.25, 0.3) is 0 Å². The molecule has 0 aliphatic rings. The van der Waals surface area contributed by atoms with Crippen LogP contribution in [0.3, 0.4) is 0 Å². The molecule has 4 rings (SSSR count). The van der Waals surface area contributed by atoms with E-state index in [0.717, 1.165) is 10.5 Å². The van der Waals surface area contributed by atoms with Gasteiger partial charge < -0.3 is 29.6 Å². The Morgan fingerprint density at radius 3 is 2.00 bits per heavy atom. The monoisotopic (exact) mass is 558 g/mol. The Morgan fingerprint density at radius 1 is 0.675 bits per heavy atom. The number of rotatable bonds is 11. The van der Waals surface area contributed by atoms with Crippen LogP contribution in [-0.2, 0) is 4.79 Å². The molecule has 0 spiro atoms. The van der Waals surface area contributed by atoms with Gasteiger partial charge in [0.15, 0.2) is 0 Å². The van der Waals surface area contributed by atoms with Crippen LogP contribution in [0.15, 0.2) is 95.9 Å². The minimum Gasteiger partial charge on any atom is -0.497 e. The molecule has 8 nitrogen and oxygen atoms in total. The number of anilines is 2. The van der Waals surface area contributed by atoms with Crippen LogP contribution in [0.4, 0.5) is 11.4 Å². The van der Waals surface area contributed by atoms with Crippen molar-refractivity contribution in [2.24, 2.45) is 0 Å². The Kier molecular flexibility index (Phi) is 9.53. The predicted octanol–water partition coefficient (Wildman–Crippen LogP) is 6.45. The van der Waals surface area contributed by atoms with Crippen molar-refractivity contribution in [1.82, 2.24) is 0 Å². The van der Waals surface area contributed by atoms with Gasteiger partial charge in [0.1, 0.15) is 33.8 Å². The molecular formula is C31H30N2O6S. The van der Waals surface area contributed by atoms with Gasteiger partial charge in [0, 0.05) is 16.6 Å². The van der Waals surface area contributed by atoms with Crippen LogP contribution < -0.4 is 29.6 Å². The summed E-state index contributed by atoms with van der Waals surface area (Å²) in [7, 11) is 6.10. The molecule has 40 heavy (non-hydrogen) atoms. The minimum atomic E-state index is -0.600. The molecule has 0 bridgehead atoms. The van der Waals surface area contributed by atoms with Gasteiger partial charge in [0.25, 0.3) is 5.91 Å². The second-order valence-corrected chi connectivity index (χ2v) is 9.66. The highest BCUT2D eigenvalue weighted by Crippen LogP contribution is 2.39. The van der Waals surface area contributed by atoms with E-state index in [-0.39, 0.29) is 11.8 Å². The first kappa shape index (κ1) is 28.4. The molecule has 206 valence electrons. The van der Waals surface area contributed by atoms with E-state index in [4.69, 9.17) is 18.9 Å². The average molecular weight is 559 g/mol. The normalized spacial score (nSPS) is 11.2. The molecular weight excluding hydrogens is 528 g/mol. The second-order valence-electron chi connectivity index (χ2n) is 8.48. The van der Waals surface area contributed by atoms with Crippen LogP contribution in [0, 0.1) is 0 Å². The Balaban J connectivity index is 1.60. The predicted molar refractivity (Wildman–Crippen MR) is 157 cm³/mol. The highest BCUT2D eigenvalue weighted by Gasteiger charge is 2.24. The lowest BCUT2D eigenvalue weighted by atomic mass is 10.1. The van der Waals surface area contributed by atoms with E-state index in [9.17, 15) is 9.59 Å². The summed E-state index contributed by atoms with van der Waals surface area (Å²) in [6, 6.07) is 27.2. The van der Waals surface area contributed by atoms with E-state index in [0.29, 0.717) is 39.9 Å². The zero-order valence-corrected chi connectivity index (χ0v) is 23.4. The first-order chi connectivity index (χ1) is 19.5. The molecule has 9 heteroatoms. The van der Waals surface area contributed by atoms with Gasteiger partial charge in [0.05, 0.1) is 34.1 Å². The standard InChI is InChI=1S/C31H30N2O6S/c1-36-22-16-17-25(37-2)24(19-22)33-31(35)29(20-10-6-5-7-11-20)40-23-13-8-12-21(18-23)32-30(34)28-26(38-3)14-9-15-27(28)39-4/h5-19,29H,1-4H3,(H,32,34)(H,33,35). The molecule has 0 heterocycles. The van der Waals surface area contributed by atoms with Crippen molar-refractivity contribution in [3.05, 3.63) is 102 Å². The number of hydrogen-bond donors (Lipinski definition) is 2. The van der Waals surface area contributed by atoms with Gasteiger partial charge in [-0.25, -0.2) is 0 Å². The van der Waals surface area contributed by atoms with Crippen LogP contribution in [0.1, 0.15) is 21.2 Å². The molecule has 0 saturated carbocycles. The number of thioether (sulfide) groups is 1. The number of ether oxygens (including phenoxy) is 4. The fourth-order valence-electron chi connectivity index (χ4n) is 4.06. The van der Waals surface area contributed by atoms with Crippen LogP contribution in [0.5, 0.6) is 23.0 Å². The third-order valence-corrected chi connectivity index (χ3v) is 7.25. The molecule has 4 aromatic carbocycles. The van der Waals surface area contributed by atoms with Gasteiger partial charge in [0.2, 0.25) is 5.91 Å². The summed E-state index contributed by atoms with van der Waals surface area (Å²) >= 11 is 1.36. The Hall–Kier alpha value is -4.63. The fraction of sp³-hybridized carbons (Fsp3) is 0.161. The van der Waals surface area contributed by atoms with Gasteiger partial charge in [-0.05, 0) is 48.0 Å². The van der Waals surface area contributed by atoms with Crippen LogP contribution >= 0.6 is 11.8 Å².